The van der Waals surface area contributed by atoms with Gasteiger partial charge in [-0.1, -0.05) is 30.4 Å². The number of rotatable bonds is 2. The lowest BCUT2D eigenvalue weighted by atomic mass is 10.2. The molecule has 2 heteroatoms. The Morgan fingerprint density at radius 1 is 1.21 bits per heavy atom. The van der Waals surface area contributed by atoms with Crippen molar-refractivity contribution in [3.05, 3.63) is 36.0 Å². The zero-order chi connectivity index (χ0) is 9.64. The summed E-state index contributed by atoms with van der Waals surface area (Å²) in [5.41, 5.74) is 1.46. The molecule has 0 spiro atoms. The first kappa shape index (κ1) is 9.69. The van der Waals surface area contributed by atoms with E-state index in [2.05, 4.69) is 40.6 Å². The smallest absolute Gasteiger partial charge is 0.0231 e. The summed E-state index contributed by atoms with van der Waals surface area (Å²) in [4.78, 5) is 2.51. The van der Waals surface area contributed by atoms with Crippen molar-refractivity contribution in [2.75, 3.05) is 32.7 Å². The Balaban J connectivity index is 1.86. The molecule has 0 amide bonds. The average molecular weight is 190 g/mol. The van der Waals surface area contributed by atoms with Crippen LogP contribution in [0.2, 0.25) is 0 Å². The van der Waals surface area contributed by atoms with Crippen LogP contribution in [-0.2, 0) is 0 Å². The molecule has 0 atom stereocenters. The second-order valence-corrected chi connectivity index (χ2v) is 3.83. The van der Waals surface area contributed by atoms with Crippen LogP contribution in [0.25, 0.3) is 0 Å². The molecule has 0 radical (unpaired) electrons. The minimum absolute atomic E-state index is 1.08. The molecule has 1 heterocycles. The van der Waals surface area contributed by atoms with Crippen LogP contribution in [0.3, 0.4) is 0 Å². The summed E-state index contributed by atoms with van der Waals surface area (Å²) < 4.78 is 0. The summed E-state index contributed by atoms with van der Waals surface area (Å²) >= 11 is 0. The maximum absolute atomic E-state index is 3.37. The van der Waals surface area contributed by atoms with Crippen LogP contribution < -0.4 is 5.32 Å². The van der Waals surface area contributed by atoms with Gasteiger partial charge in [-0.2, -0.15) is 0 Å². The van der Waals surface area contributed by atoms with Gasteiger partial charge in [0.25, 0.3) is 0 Å². The molecule has 1 saturated heterocycles. The highest BCUT2D eigenvalue weighted by atomic mass is 15.2. The highest BCUT2D eigenvalue weighted by Gasteiger charge is 2.09. The zero-order valence-electron chi connectivity index (χ0n) is 8.58. The summed E-state index contributed by atoms with van der Waals surface area (Å²) in [6.07, 6.45) is 12.1. The van der Waals surface area contributed by atoms with Crippen LogP contribution in [0.1, 0.15) is 6.42 Å². The third-order valence-electron chi connectivity index (χ3n) is 2.69. The first-order valence-corrected chi connectivity index (χ1v) is 5.40. The second kappa shape index (κ2) is 5.13. The molecule has 1 aliphatic carbocycles. The van der Waals surface area contributed by atoms with Gasteiger partial charge in [-0.25, -0.2) is 0 Å². The van der Waals surface area contributed by atoms with Gasteiger partial charge < -0.3 is 5.32 Å². The van der Waals surface area contributed by atoms with Gasteiger partial charge in [0.05, 0.1) is 0 Å². The molecule has 14 heavy (non-hydrogen) atoms. The normalized spacial score (nSPS) is 23.3. The van der Waals surface area contributed by atoms with E-state index in [0.29, 0.717) is 0 Å². The fraction of sp³-hybridized carbons (Fsp3) is 0.500. The summed E-state index contributed by atoms with van der Waals surface area (Å²) in [5.74, 6) is 0. The Kier molecular flexibility index (Phi) is 3.55. The van der Waals surface area contributed by atoms with E-state index in [1.807, 2.05) is 0 Å². The third kappa shape index (κ3) is 2.82. The number of hydrogen-bond acceptors (Lipinski definition) is 2. The van der Waals surface area contributed by atoms with Gasteiger partial charge in [0, 0.05) is 32.7 Å². The van der Waals surface area contributed by atoms with Crippen molar-refractivity contribution in [1.82, 2.24) is 10.2 Å². The highest BCUT2D eigenvalue weighted by Crippen LogP contribution is 2.07. The van der Waals surface area contributed by atoms with Crippen LogP contribution in [0.5, 0.6) is 0 Å². The summed E-state index contributed by atoms with van der Waals surface area (Å²) in [7, 11) is 0. The molecule has 0 saturated carbocycles. The molecule has 2 rings (SSSR count). The number of nitrogens with zero attached hydrogens (tertiary/aromatic N) is 1. The first-order valence-electron chi connectivity index (χ1n) is 5.40. The van der Waals surface area contributed by atoms with Gasteiger partial charge in [0.2, 0.25) is 0 Å². The molecule has 0 aromatic carbocycles. The van der Waals surface area contributed by atoms with Crippen LogP contribution in [0.4, 0.5) is 0 Å². The molecule has 76 valence electrons. The van der Waals surface area contributed by atoms with Gasteiger partial charge in [-0.05, 0) is 12.0 Å². The van der Waals surface area contributed by atoms with E-state index in [1.54, 1.807) is 0 Å². The largest absolute Gasteiger partial charge is 0.314 e. The fourth-order valence-electron chi connectivity index (χ4n) is 1.87. The van der Waals surface area contributed by atoms with Gasteiger partial charge in [0.15, 0.2) is 0 Å². The Bertz CT molecular complexity index is 257. The SMILES string of the molecule is C1=CCC=C(CN2CCNCC2)C=C1. The molecular weight excluding hydrogens is 172 g/mol. The van der Waals surface area contributed by atoms with Crippen molar-refractivity contribution < 1.29 is 0 Å². The number of nitrogens with one attached hydrogen (secondary N) is 1. The van der Waals surface area contributed by atoms with E-state index in [-0.39, 0.29) is 0 Å². The van der Waals surface area contributed by atoms with Crippen molar-refractivity contribution in [2.24, 2.45) is 0 Å². The third-order valence-corrected chi connectivity index (χ3v) is 2.69. The summed E-state index contributed by atoms with van der Waals surface area (Å²) in [6, 6.07) is 0. The molecule has 0 bridgehead atoms. The molecular formula is C12H18N2. The van der Waals surface area contributed by atoms with Crippen LogP contribution in [-0.4, -0.2) is 37.6 Å². The molecule has 2 nitrogen and oxygen atoms in total. The molecule has 0 aromatic heterocycles. The van der Waals surface area contributed by atoms with Crippen molar-refractivity contribution >= 4 is 0 Å². The quantitative estimate of drug-likeness (QED) is 0.707. The van der Waals surface area contributed by atoms with Crippen LogP contribution in [0.15, 0.2) is 36.0 Å². The first-order chi connectivity index (χ1) is 6.95. The topological polar surface area (TPSA) is 15.3 Å². The van der Waals surface area contributed by atoms with E-state index in [0.717, 1.165) is 26.1 Å². The Hall–Kier alpha value is -0.860. The summed E-state index contributed by atoms with van der Waals surface area (Å²) in [5, 5.41) is 3.37. The lowest BCUT2D eigenvalue weighted by molar-refractivity contribution is 0.261. The lowest BCUT2D eigenvalue weighted by Crippen LogP contribution is -2.44. The monoisotopic (exact) mass is 190 g/mol. The Morgan fingerprint density at radius 2 is 2.07 bits per heavy atom. The van der Waals surface area contributed by atoms with E-state index in [9.17, 15) is 0 Å². The predicted octanol–water partition coefficient (Wildman–Crippen LogP) is 1.33. The van der Waals surface area contributed by atoms with Crippen molar-refractivity contribution in [2.45, 2.75) is 6.42 Å². The number of piperazine rings is 1. The lowest BCUT2D eigenvalue weighted by Gasteiger charge is -2.27. The van der Waals surface area contributed by atoms with Crippen molar-refractivity contribution in [1.29, 1.82) is 0 Å². The van der Waals surface area contributed by atoms with Gasteiger partial charge in [0.1, 0.15) is 0 Å². The van der Waals surface area contributed by atoms with Crippen LogP contribution in [0, 0.1) is 0 Å². The Morgan fingerprint density at radius 3 is 2.93 bits per heavy atom. The molecule has 1 fully saturated rings. The van der Waals surface area contributed by atoms with Gasteiger partial charge in [-0.15, -0.1) is 0 Å². The van der Waals surface area contributed by atoms with Gasteiger partial charge >= 0.3 is 0 Å². The number of hydrogen-bond donors (Lipinski definition) is 1. The minimum Gasteiger partial charge on any atom is -0.314 e. The van der Waals surface area contributed by atoms with Gasteiger partial charge in [-0.3, -0.25) is 4.90 Å². The highest BCUT2D eigenvalue weighted by molar-refractivity contribution is 5.27. The second-order valence-electron chi connectivity index (χ2n) is 3.83. The van der Waals surface area contributed by atoms with Crippen LogP contribution >= 0.6 is 0 Å². The maximum Gasteiger partial charge on any atom is 0.0231 e. The molecule has 2 aliphatic rings. The molecule has 1 N–H and O–H groups in total. The maximum atomic E-state index is 3.37. The van der Waals surface area contributed by atoms with E-state index >= 15 is 0 Å². The number of allylic oxidation sites excluding steroid dienone is 4. The predicted molar refractivity (Wildman–Crippen MR) is 60.3 cm³/mol. The van der Waals surface area contributed by atoms with E-state index in [4.69, 9.17) is 0 Å². The molecule has 0 aromatic rings. The van der Waals surface area contributed by atoms with Crippen molar-refractivity contribution in [3.8, 4) is 0 Å². The molecule has 1 aliphatic heterocycles. The molecule has 0 unspecified atom stereocenters. The minimum atomic E-state index is 1.08. The fourth-order valence-corrected chi connectivity index (χ4v) is 1.87. The van der Waals surface area contributed by atoms with E-state index < -0.39 is 0 Å². The van der Waals surface area contributed by atoms with E-state index in [1.165, 1.54) is 18.7 Å². The standard InChI is InChI=1S/C12H18N2/c1-2-4-6-12(5-3-1)11-14-9-7-13-8-10-14/h1-3,5-6,13H,4,7-11H2. The van der Waals surface area contributed by atoms with Crippen molar-refractivity contribution in [3.63, 3.8) is 0 Å². The zero-order valence-corrected chi connectivity index (χ0v) is 8.58. The Labute approximate surface area is 86.0 Å². The summed E-state index contributed by atoms with van der Waals surface area (Å²) in [6.45, 7) is 5.74. The average Bonchev–Trinajstić information content (AvgIpc) is 2.48.